The molecule has 4 heteroatoms. The van der Waals surface area contributed by atoms with Crippen molar-refractivity contribution in [3.63, 3.8) is 0 Å². The molecule has 3 N–H and O–H groups in total. The molecule has 1 aliphatic heterocycles. The minimum atomic E-state index is 0.159. The van der Waals surface area contributed by atoms with Gasteiger partial charge >= 0.3 is 0 Å². The van der Waals surface area contributed by atoms with E-state index in [4.69, 9.17) is 10.9 Å². The predicted molar refractivity (Wildman–Crippen MR) is 77.2 cm³/mol. The highest BCUT2D eigenvalue weighted by molar-refractivity contribution is 5.96. The van der Waals surface area contributed by atoms with E-state index in [1.807, 2.05) is 12.1 Å². The van der Waals surface area contributed by atoms with Gasteiger partial charge in [-0.3, -0.25) is 4.90 Å². The van der Waals surface area contributed by atoms with Crippen molar-refractivity contribution in [2.45, 2.75) is 26.8 Å². The third kappa shape index (κ3) is 3.47. The molecule has 0 spiro atoms. The minimum Gasteiger partial charge on any atom is -0.409 e. The highest BCUT2D eigenvalue weighted by atomic mass is 16.4. The summed E-state index contributed by atoms with van der Waals surface area (Å²) in [6, 6.07) is 7.91. The summed E-state index contributed by atoms with van der Waals surface area (Å²) in [6.45, 7) is 8.00. The molecule has 2 atom stereocenters. The Hall–Kier alpha value is -1.55. The maximum absolute atomic E-state index is 8.63. The van der Waals surface area contributed by atoms with Crippen LogP contribution in [0.3, 0.4) is 0 Å². The van der Waals surface area contributed by atoms with Crippen LogP contribution in [0.2, 0.25) is 0 Å². The van der Waals surface area contributed by atoms with Gasteiger partial charge in [0, 0.05) is 18.7 Å². The number of hydrogen-bond donors (Lipinski definition) is 2. The van der Waals surface area contributed by atoms with Gasteiger partial charge in [0.2, 0.25) is 0 Å². The van der Waals surface area contributed by atoms with E-state index in [0.717, 1.165) is 23.9 Å². The molecule has 1 fully saturated rings. The highest BCUT2D eigenvalue weighted by Crippen LogP contribution is 2.23. The summed E-state index contributed by atoms with van der Waals surface area (Å²) in [4.78, 5) is 2.50. The van der Waals surface area contributed by atoms with Crippen LogP contribution in [0.15, 0.2) is 29.4 Å². The fourth-order valence-electron chi connectivity index (χ4n) is 2.59. The van der Waals surface area contributed by atoms with E-state index in [2.05, 4.69) is 36.0 Å². The number of benzene rings is 1. The zero-order chi connectivity index (χ0) is 13.8. The van der Waals surface area contributed by atoms with Crippen molar-refractivity contribution in [3.8, 4) is 0 Å². The molecule has 0 amide bonds. The topological polar surface area (TPSA) is 61.8 Å². The summed E-state index contributed by atoms with van der Waals surface area (Å²) in [6.07, 6.45) is 1.28. The van der Waals surface area contributed by atoms with Gasteiger partial charge < -0.3 is 10.9 Å². The van der Waals surface area contributed by atoms with Crippen LogP contribution in [0.1, 0.15) is 31.4 Å². The maximum Gasteiger partial charge on any atom is 0.170 e. The van der Waals surface area contributed by atoms with Gasteiger partial charge in [-0.15, -0.1) is 0 Å². The summed E-state index contributed by atoms with van der Waals surface area (Å²) < 4.78 is 0. The molecule has 2 unspecified atom stereocenters. The molecule has 0 radical (unpaired) electrons. The van der Waals surface area contributed by atoms with Gasteiger partial charge in [0.05, 0.1) is 0 Å². The molecule has 1 aromatic carbocycles. The standard InChI is InChI=1S/C15H23N3O/c1-11-7-8-18(9-12(11)2)10-13-3-5-14(6-4-13)15(16)17-19/h3-6,11-12,19H,7-10H2,1-2H3,(H2,16,17). The first-order valence-corrected chi connectivity index (χ1v) is 6.89. The normalized spacial score (nSPS) is 25.5. The van der Waals surface area contributed by atoms with Crippen molar-refractivity contribution in [3.05, 3.63) is 35.4 Å². The summed E-state index contributed by atoms with van der Waals surface area (Å²) in [5.74, 6) is 1.76. The third-order valence-corrected chi connectivity index (χ3v) is 4.18. The van der Waals surface area contributed by atoms with Crippen LogP contribution >= 0.6 is 0 Å². The van der Waals surface area contributed by atoms with E-state index in [1.165, 1.54) is 25.1 Å². The Kier molecular flexibility index (Phi) is 4.43. The molecule has 1 heterocycles. The quantitative estimate of drug-likeness (QED) is 0.380. The lowest BCUT2D eigenvalue weighted by Crippen LogP contribution is -2.37. The first kappa shape index (κ1) is 13.9. The third-order valence-electron chi connectivity index (χ3n) is 4.18. The molecule has 1 aromatic rings. The molecule has 2 rings (SSSR count). The smallest absolute Gasteiger partial charge is 0.170 e. The molecule has 0 aliphatic carbocycles. The van der Waals surface area contributed by atoms with Crippen LogP contribution in [0.4, 0.5) is 0 Å². The fourth-order valence-corrected chi connectivity index (χ4v) is 2.59. The fraction of sp³-hybridized carbons (Fsp3) is 0.533. The number of likely N-dealkylation sites (tertiary alicyclic amines) is 1. The molecule has 19 heavy (non-hydrogen) atoms. The molecule has 0 aromatic heterocycles. The summed E-state index contributed by atoms with van der Waals surface area (Å²) >= 11 is 0. The zero-order valence-corrected chi connectivity index (χ0v) is 11.7. The Morgan fingerprint density at radius 1 is 1.32 bits per heavy atom. The summed E-state index contributed by atoms with van der Waals surface area (Å²) in [5.41, 5.74) is 7.58. The van der Waals surface area contributed by atoms with Gasteiger partial charge in [0.1, 0.15) is 0 Å². The number of nitrogens with two attached hydrogens (primary N) is 1. The largest absolute Gasteiger partial charge is 0.409 e. The van der Waals surface area contributed by atoms with E-state index in [9.17, 15) is 0 Å². The van der Waals surface area contributed by atoms with Gasteiger partial charge in [-0.2, -0.15) is 0 Å². The second-order valence-corrected chi connectivity index (χ2v) is 5.66. The Labute approximate surface area is 114 Å². The van der Waals surface area contributed by atoms with Crippen molar-refractivity contribution in [1.29, 1.82) is 0 Å². The number of amidine groups is 1. The minimum absolute atomic E-state index is 0.159. The number of piperidine rings is 1. The van der Waals surface area contributed by atoms with Crippen LogP contribution in [0.5, 0.6) is 0 Å². The van der Waals surface area contributed by atoms with Crippen molar-refractivity contribution in [1.82, 2.24) is 4.90 Å². The molecule has 1 saturated heterocycles. The monoisotopic (exact) mass is 261 g/mol. The average Bonchev–Trinajstić information content (AvgIpc) is 2.43. The van der Waals surface area contributed by atoms with Crippen molar-refractivity contribution in [2.75, 3.05) is 13.1 Å². The van der Waals surface area contributed by atoms with Gasteiger partial charge in [-0.1, -0.05) is 43.3 Å². The van der Waals surface area contributed by atoms with Crippen molar-refractivity contribution < 1.29 is 5.21 Å². The van der Waals surface area contributed by atoms with Gasteiger partial charge in [0.15, 0.2) is 5.84 Å². The average molecular weight is 261 g/mol. The van der Waals surface area contributed by atoms with E-state index >= 15 is 0 Å². The molecular formula is C15H23N3O. The van der Waals surface area contributed by atoms with E-state index in [0.29, 0.717) is 0 Å². The van der Waals surface area contributed by atoms with Crippen molar-refractivity contribution >= 4 is 5.84 Å². The Bertz CT molecular complexity index is 441. The molecule has 0 saturated carbocycles. The summed E-state index contributed by atoms with van der Waals surface area (Å²) in [7, 11) is 0. The summed E-state index contributed by atoms with van der Waals surface area (Å²) in [5, 5.41) is 11.6. The molecule has 0 bridgehead atoms. The second kappa shape index (κ2) is 6.06. The van der Waals surface area contributed by atoms with E-state index < -0.39 is 0 Å². The SMILES string of the molecule is CC1CCN(Cc2ccc(/C(N)=N/O)cc2)CC1C. The lowest BCUT2D eigenvalue weighted by atomic mass is 9.88. The van der Waals surface area contributed by atoms with Crippen LogP contribution < -0.4 is 5.73 Å². The number of oxime groups is 1. The van der Waals surface area contributed by atoms with Crippen LogP contribution in [-0.4, -0.2) is 29.0 Å². The molecule has 104 valence electrons. The number of hydrogen-bond acceptors (Lipinski definition) is 3. The molecular weight excluding hydrogens is 238 g/mol. The Balaban J connectivity index is 1.96. The second-order valence-electron chi connectivity index (χ2n) is 5.66. The van der Waals surface area contributed by atoms with Crippen LogP contribution in [0, 0.1) is 11.8 Å². The molecule has 1 aliphatic rings. The predicted octanol–water partition coefficient (Wildman–Crippen LogP) is 2.26. The van der Waals surface area contributed by atoms with Gasteiger partial charge in [-0.05, 0) is 30.4 Å². The first-order chi connectivity index (χ1) is 9.10. The van der Waals surface area contributed by atoms with Gasteiger partial charge in [-0.25, -0.2) is 0 Å². The Morgan fingerprint density at radius 3 is 2.58 bits per heavy atom. The van der Waals surface area contributed by atoms with Crippen LogP contribution in [0.25, 0.3) is 0 Å². The van der Waals surface area contributed by atoms with E-state index in [-0.39, 0.29) is 5.84 Å². The first-order valence-electron chi connectivity index (χ1n) is 6.89. The lowest BCUT2D eigenvalue weighted by Gasteiger charge is -2.35. The number of nitrogens with zero attached hydrogens (tertiary/aromatic N) is 2. The lowest BCUT2D eigenvalue weighted by molar-refractivity contribution is 0.132. The van der Waals surface area contributed by atoms with Crippen LogP contribution in [-0.2, 0) is 6.54 Å². The van der Waals surface area contributed by atoms with Crippen molar-refractivity contribution in [2.24, 2.45) is 22.7 Å². The Morgan fingerprint density at radius 2 is 2.00 bits per heavy atom. The highest BCUT2D eigenvalue weighted by Gasteiger charge is 2.22. The zero-order valence-electron chi connectivity index (χ0n) is 11.7. The molecule has 4 nitrogen and oxygen atoms in total. The van der Waals surface area contributed by atoms with Gasteiger partial charge in [0.25, 0.3) is 0 Å². The number of rotatable bonds is 3. The maximum atomic E-state index is 8.63. The van der Waals surface area contributed by atoms with E-state index in [1.54, 1.807) is 0 Å².